The second-order valence-electron chi connectivity index (χ2n) is 6.54. The van der Waals surface area contributed by atoms with Crippen LogP contribution in [-0.4, -0.2) is 4.98 Å². The van der Waals surface area contributed by atoms with E-state index in [4.69, 9.17) is 4.11 Å². The summed E-state index contributed by atoms with van der Waals surface area (Å²) >= 11 is 0. The van der Waals surface area contributed by atoms with E-state index in [0.29, 0.717) is 0 Å². The van der Waals surface area contributed by atoms with E-state index in [1.165, 1.54) is 27.7 Å². The van der Waals surface area contributed by atoms with Crippen molar-refractivity contribution < 1.29 is 24.2 Å². The second-order valence-corrected chi connectivity index (χ2v) is 6.54. The predicted octanol–water partition coefficient (Wildman–Crippen LogP) is 6.39. The van der Waals surface area contributed by atoms with E-state index in [9.17, 15) is 0 Å². The molecule has 1 radical (unpaired) electrons. The minimum atomic E-state index is -2.19. The standard InChI is InChI=1S/C24H14N.Ir/c1-14-12-21-19-10-4-8-17-15-6-2-3-7-16(15)18-9-5-11-20(23(18)22(17)19)24(21)25-13-14;/h2-10,12-13H,1H3;/q-1;/i1D3;. The van der Waals surface area contributed by atoms with Gasteiger partial charge in [-0.05, 0) is 50.2 Å². The van der Waals surface area contributed by atoms with E-state index >= 15 is 0 Å². The molecule has 1 nitrogen and oxygen atoms in total. The summed E-state index contributed by atoms with van der Waals surface area (Å²) in [6.07, 6.45) is 1.48. The van der Waals surface area contributed by atoms with Crippen LogP contribution >= 0.6 is 0 Å². The van der Waals surface area contributed by atoms with E-state index < -0.39 is 6.85 Å². The Kier molecular flexibility index (Phi) is 2.69. The molecule has 0 saturated carbocycles. The molecule has 0 atom stereocenters. The van der Waals surface area contributed by atoms with Crippen LogP contribution in [0, 0.1) is 12.9 Å². The molecule has 26 heavy (non-hydrogen) atoms. The Morgan fingerprint density at radius 1 is 0.808 bits per heavy atom. The maximum Gasteiger partial charge on any atom is 0.0280 e. The van der Waals surface area contributed by atoms with Crippen molar-refractivity contribution in [3.05, 3.63) is 78.5 Å². The van der Waals surface area contributed by atoms with E-state index in [1.54, 1.807) is 6.07 Å². The van der Waals surface area contributed by atoms with Gasteiger partial charge in [-0.1, -0.05) is 59.3 Å². The summed E-state index contributed by atoms with van der Waals surface area (Å²) in [4.78, 5) is 4.59. The fraction of sp³-hybridized carbons (Fsp3) is 0.0417. The quantitative estimate of drug-likeness (QED) is 0.131. The SMILES string of the molecule is [2H]C([2H])([2H])c1cnc2c3[c-]ccc4c5ccccc5c5cccc(c2c1)c5c34.[Ir]. The van der Waals surface area contributed by atoms with Crippen LogP contribution in [-0.2, 0) is 20.1 Å². The van der Waals surface area contributed by atoms with E-state index in [0.717, 1.165) is 32.4 Å². The molecule has 1 aromatic heterocycles. The summed E-state index contributed by atoms with van der Waals surface area (Å²) in [6, 6.07) is 23.9. The molecule has 0 amide bonds. The zero-order chi connectivity index (χ0) is 19.0. The third kappa shape index (κ3) is 1.86. The number of fused-ring (bicyclic) bond motifs is 6. The molecular weight excluding hydrogens is 494 g/mol. The molecule has 0 aliphatic heterocycles. The summed E-state index contributed by atoms with van der Waals surface area (Å²) in [7, 11) is 0. The van der Waals surface area contributed by atoms with Gasteiger partial charge >= 0.3 is 0 Å². The molecule has 0 N–H and O–H groups in total. The Labute approximate surface area is 168 Å². The molecule has 0 unspecified atom stereocenters. The van der Waals surface area contributed by atoms with Gasteiger partial charge in [0.25, 0.3) is 0 Å². The van der Waals surface area contributed by atoms with Crippen LogP contribution in [0.3, 0.4) is 0 Å². The minimum Gasteiger partial charge on any atom is -0.304 e. The van der Waals surface area contributed by atoms with Crippen molar-refractivity contribution in [2.24, 2.45) is 0 Å². The normalized spacial score (nSPS) is 13.9. The van der Waals surface area contributed by atoms with Crippen molar-refractivity contribution in [1.82, 2.24) is 4.98 Å². The third-order valence-corrected chi connectivity index (χ3v) is 5.23. The molecule has 0 saturated heterocycles. The van der Waals surface area contributed by atoms with Crippen LogP contribution < -0.4 is 0 Å². The molecule has 0 spiro atoms. The summed E-state index contributed by atoms with van der Waals surface area (Å²) in [6.45, 7) is -2.19. The van der Waals surface area contributed by atoms with Crippen LogP contribution in [0.2, 0.25) is 0 Å². The number of nitrogens with zero attached hydrogens (tertiary/aromatic N) is 1. The van der Waals surface area contributed by atoms with Gasteiger partial charge in [0.1, 0.15) is 0 Å². The zero-order valence-electron chi connectivity index (χ0n) is 16.6. The van der Waals surface area contributed by atoms with Crippen LogP contribution in [0.1, 0.15) is 9.68 Å². The van der Waals surface area contributed by atoms with Crippen molar-refractivity contribution in [2.75, 3.05) is 0 Å². The Morgan fingerprint density at radius 2 is 1.50 bits per heavy atom. The maximum atomic E-state index is 7.79. The average Bonchev–Trinajstić information content (AvgIpc) is 2.72. The van der Waals surface area contributed by atoms with Crippen LogP contribution in [0.5, 0.6) is 0 Å². The van der Waals surface area contributed by atoms with E-state index in [-0.39, 0.29) is 25.7 Å². The minimum absolute atomic E-state index is 0. The molecule has 2 heteroatoms. The second kappa shape index (κ2) is 5.48. The van der Waals surface area contributed by atoms with Crippen molar-refractivity contribution in [2.45, 2.75) is 6.85 Å². The van der Waals surface area contributed by atoms with Crippen molar-refractivity contribution in [1.29, 1.82) is 0 Å². The van der Waals surface area contributed by atoms with Crippen LogP contribution in [0.15, 0.2) is 66.9 Å². The fourth-order valence-electron chi connectivity index (χ4n) is 4.26. The van der Waals surface area contributed by atoms with E-state index in [1.807, 2.05) is 12.1 Å². The van der Waals surface area contributed by atoms with Gasteiger partial charge in [0.2, 0.25) is 0 Å². The smallest absolute Gasteiger partial charge is 0.0280 e. The Bertz CT molecular complexity index is 1550. The van der Waals surface area contributed by atoms with Crippen molar-refractivity contribution in [3.8, 4) is 0 Å². The van der Waals surface area contributed by atoms with Crippen molar-refractivity contribution in [3.63, 3.8) is 0 Å². The zero-order valence-corrected chi connectivity index (χ0v) is 16.0. The Hall–Kier alpha value is -2.54. The number of hydrogen-bond donors (Lipinski definition) is 0. The van der Waals surface area contributed by atoms with E-state index in [2.05, 4.69) is 53.5 Å². The first-order valence-electron chi connectivity index (χ1n) is 9.83. The van der Waals surface area contributed by atoms with Gasteiger partial charge in [0, 0.05) is 30.4 Å². The largest absolute Gasteiger partial charge is 0.304 e. The van der Waals surface area contributed by atoms with Gasteiger partial charge < -0.3 is 4.98 Å². The maximum absolute atomic E-state index is 7.79. The molecular formula is C24H14IrN-. The fourth-order valence-corrected chi connectivity index (χ4v) is 4.26. The van der Waals surface area contributed by atoms with Gasteiger partial charge in [-0.25, -0.2) is 0 Å². The molecule has 6 rings (SSSR count). The predicted molar refractivity (Wildman–Crippen MR) is 107 cm³/mol. The van der Waals surface area contributed by atoms with Gasteiger partial charge in [-0.2, -0.15) is 0 Å². The Balaban J connectivity index is 0.00000181. The summed E-state index contributed by atoms with van der Waals surface area (Å²) in [5, 5.41) is 9.91. The van der Waals surface area contributed by atoms with Crippen LogP contribution in [0.4, 0.5) is 0 Å². The van der Waals surface area contributed by atoms with Gasteiger partial charge in [-0.3, -0.25) is 0 Å². The molecule has 125 valence electrons. The average molecular weight is 512 g/mol. The summed E-state index contributed by atoms with van der Waals surface area (Å²) in [5.74, 6) is 0. The summed E-state index contributed by atoms with van der Waals surface area (Å²) < 4.78 is 23.4. The number of aryl methyl sites for hydroxylation is 1. The molecule has 0 aliphatic rings. The molecule has 0 fully saturated rings. The van der Waals surface area contributed by atoms with Crippen LogP contribution in [0.25, 0.3) is 54.0 Å². The summed E-state index contributed by atoms with van der Waals surface area (Å²) in [5.41, 5.74) is 1.06. The topological polar surface area (TPSA) is 12.9 Å². The monoisotopic (exact) mass is 512 g/mol. The first-order chi connectivity index (χ1) is 13.5. The third-order valence-electron chi connectivity index (χ3n) is 5.23. The number of aromatic nitrogens is 1. The van der Waals surface area contributed by atoms with Gasteiger partial charge in [-0.15, -0.1) is 23.6 Å². The first kappa shape index (κ1) is 12.8. The molecule has 6 aromatic rings. The number of rotatable bonds is 0. The number of benzene rings is 5. The number of pyridine rings is 1. The van der Waals surface area contributed by atoms with Gasteiger partial charge in [0.05, 0.1) is 0 Å². The molecule has 1 heterocycles. The molecule has 5 aromatic carbocycles. The van der Waals surface area contributed by atoms with Crippen molar-refractivity contribution >= 4 is 54.0 Å². The number of hydrogen-bond acceptors (Lipinski definition) is 1. The van der Waals surface area contributed by atoms with Gasteiger partial charge in [0.15, 0.2) is 0 Å². The Morgan fingerprint density at radius 3 is 2.27 bits per heavy atom. The molecule has 0 bridgehead atoms. The first-order valence-corrected chi connectivity index (χ1v) is 8.33. The molecule has 0 aliphatic carbocycles.